The molecular weight excluding hydrogens is 899 g/mol. The summed E-state index contributed by atoms with van der Waals surface area (Å²) in [6.45, 7) is 4.95. The van der Waals surface area contributed by atoms with E-state index in [-0.39, 0.29) is 18.5 Å². The topological polar surface area (TPSA) is 95.9 Å². The Bertz CT molecular complexity index is 1100. The third-order valence-electron chi connectivity index (χ3n) is 15.8. The number of amides is 1. The Morgan fingerprint density at radius 1 is 0.370 bits per heavy atom. The largest absolute Gasteiger partial charge is 0.466 e. The number of aliphatic hydroxyl groups excluding tert-OH is 2. The van der Waals surface area contributed by atoms with Crippen LogP contribution < -0.4 is 5.32 Å². The Balaban J connectivity index is 3.29. The maximum atomic E-state index is 12.5. The van der Waals surface area contributed by atoms with Gasteiger partial charge in [-0.05, 0) is 51.4 Å². The van der Waals surface area contributed by atoms with Gasteiger partial charge in [0.1, 0.15) is 0 Å². The molecule has 0 aliphatic heterocycles. The molecule has 0 radical (unpaired) electrons. The van der Waals surface area contributed by atoms with E-state index in [1.54, 1.807) is 0 Å². The van der Waals surface area contributed by atoms with Crippen molar-refractivity contribution in [2.45, 2.75) is 392 Å². The number of allylic oxidation sites excluding steroid dienone is 2. The van der Waals surface area contributed by atoms with E-state index in [2.05, 4.69) is 31.3 Å². The Hall–Kier alpha value is -1.40. The summed E-state index contributed by atoms with van der Waals surface area (Å²) in [4.78, 5) is 24.5. The maximum Gasteiger partial charge on any atom is 0.305 e. The highest BCUT2D eigenvalue weighted by atomic mass is 16.5. The summed E-state index contributed by atoms with van der Waals surface area (Å²) < 4.78 is 5.47. The molecule has 2 unspecified atom stereocenters. The number of hydrogen-bond donors (Lipinski definition) is 3. The van der Waals surface area contributed by atoms with Crippen LogP contribution in [0.3, 0.4) is 0 Å². The Kier molecular flexibility index (Phi) is 61.9. The molecule has 0 fully saturated rings. The fraction of sp³-hybridized carbons (Fsp3) is 0.940. The summed E-state index contributed by atoms with van der Waals surface area (Å²) >= 11 is 0. The van der Waals surface area contributed by atoms with E-state index in [1.807, 2.05) is 0 Å². The van der Waals surface area contributed by atoms with Gasteiger partial charge in [0.15, 0.2) is 0 Å². The van der Waals surface area contributed by atoms with Gasteiger partial charge in [0.05, 0.1) is 25.4 Å². The van der Waals surface area contributed by atoms with Crippen LogP contribution in [0, 0.1) is 0 Å². The molecule has 0 aromatic heterocycles. The molecule has 1 amide bonds. The second-order valence-corrected chi connectivity index (χ2v) is 23.2. The van der Waals surface area contributed by atoms with Crippen LogP contribution in [-0.2, 0) is 14.3 Å². The van der Waals surface area contributed by atoms with Gasteiger partial charge in [-0.3, -0.25) is 9.59 Å². The molecule has 0 aliphatic carbocycles. The normalized spacial score (nSPS) is 12.5. The zero-order valence-electron chi connectivity index (χ0n) is 49.6. The SMILES string of the molecule is CCCCC/C=C\CCCCCCCC(=O)OCCCCCCCCCCCCCCCCCCCCCCCCCCCCCCCCCCCC(=O)NC(CO)C(O)CCCCCCCCCCCCC. The monoisotopic (exact) mass is 1030 g/mol. The molecule has 0 saturated carbocycles. The van der Waals surface area contributed by atoms with Crippen LogP contribution in [0.25, 0.3) is 0 Å². The van der Waals surface area contributed by atoms with Crippen molar-refractivity contribution in [3.8, 4) is 0 Å². The maximum absolute atomic E-state index is 12.5. The van der Waals surface area contributed by atoms with E-state index in [0.717, 1.165) is 44.9 Å². The molecule has 73 heavy (non-hydrogen) atoms. The molecule has 6 heteroatoms. The lowest BCUT2D eigenvalue weighted by atomic mass is 10.0. The van der Waals surface area contributed by atoms with Crippen molar-refractivity contribution < 1.29 is 24.5 Å². The molecule has 0 heterocycles. The Labute approximate surface area is 457 Å². The van der Waals surface area contributed by atoms with E-state index in [1.165, 1.54) is 302 Å². The number of carbonyl (C=O) groups excluding carboxylic acids is 2. The Morgan fingerprint density at radius 2 is 0.644 bits per heavy atom. The third-order valence-corrected chi connectivity index (χ3v) is 15.8. The van der Waals surface area contributed by atoms with Crippen LogP contribution in [0.2, 0.25) is 0 Å². The number of hydrogen-bond acceptors (Lipinski definition) is 5. The van der Waals surface area contributed by atoms with Crippen molar-refractivity contribution in [1.82, 2.24) is 5.32 Å². The van der Waals surface area contributed by atoms with Gasteiger partial charge in [-0.1, -0.05) is 328 Å². The first kappa shape index (κ1) is 71.6. The number of ether oxygens (including phenoxy) is 1. The average Bonchev–Trinajstić information content (AvgIpc) is 3.39. The van der Waals surface area contributed by atoms with Gasteiger partial charge in [0.25, 0.3) is 0 Å². The number of esters is 1. The van der Waals surface area contributed by atoms with Gasteiger partial charge in [-0.15, -0.1) is 0 Å². The lowest BCUT2D eigenvalue weighted by Gasteiger charge is -2.22. The second-order valence-electron chi connectivity index (χ2n) is 23.2. The fourth-order valence-corrected chi connectivity index (χ4v) is 10.7. The summed E-state index contributed by atoms with van der Waals surface area (Å²) in [5, 5.41) is 23.2. The van der Waals surface area contributed by atoms with Crippen molar-refractivity contribution in [1.29, 1.82) is 0 Å². The highest BCUT2D eigenvalue weighted by Gasteiger charge is 2.20. The molecule has 0 rings (SSSR count). The predicted molar refractivity (Wildman–Crippen MR) is 320 cm³/mol. The lowest BCUT2D eigenvalue weighted by Crippen LogP contribution is -2.45. The van der Waals surface area contributed by atoms with Crippen LogP contribution in [0.1, 0.15) is 380 Å². The molecule has 2 atom stereocenters. The lowest BCUT2D eigenvalue weighted by molar-refractivity contribution is -0.143. The van der Waals surface area contributed by atoms with Crippen LogP contribution in [0.4, 0.5) is 0 Å². The van der Waals surface area contributed by atoms with Gasteiger partial charge in [0, 0.05) is 12.8 Å². The van der Waals surface area contributed by atoms with Crippen LogP contribution >= 0.6 is 0 Å². The van der Waals surface area contributed by atoms with Gasteiger partial charge in [-0.2, -0.15) is 0 Å². The van der Waals surface area contributed by atoms with Crippen molar-refractivity contribution in [2.24, 2.45) is 0 Å². The molecule has 0 bridgehead atoms. The molecule has 3 N–H and O–H groups in total. The van der Waals surface area contributed by atoms with Crippen LogP contribution in [-0.4, -0.2) is 47.4 Å². The predicted octanol–water partition coefficient (Wildman–Crippen LogP) is 21.2. The zero-order valence-corrected chi connectivity index (χ0v) is 49.6. The number of unbranched alkanes of at least 4 members (excludes halogenated alkanes) is 50. The molecule has 0 saturated heterocycles. The van der Waals surface area contributed by atoms with E-state index < -0.39 is 12.1 Å². The summed E-state index contributed by atoms with van der Waals surface area (Å²) in [5.41, 5.74) is 0. The first-order chi connectivity index (χ1) is 36.0. The molecule has 0 aliphatic rings. The number of rotatable bonds is 63. The summed E-state index contributed by atoms with van der Waals surface area (Å²) in [6, 6.07) is -0.535. The van der Waals surface area contributed by atoms with Crippen molar-refractivity contribution in [3.63, 3.8) is 0 Å². The van der Waals surface area contributed by atoms with E-state index >= 15 is 0 Å². The zero-order chi connectivity index (χ0) is 52.9. The van der Waals surface area contributed by atoms with E-state index in [4.69, 9.17) is 4.74 Å². The second kappa shape index (κ2) is 63.1. The molecule has 0 spiro atoms. The van der Waals surface area contributed by atoms with Gasteiger partial charge in [0.2, 0.25) is 5.91 Å². The molecule has 0 aromatic carbocycles. The number of nitrogens with one attached hydrogen (secondary N) is 1. The fourth-order valence-electron chi connectivity index (χ4n) is 10.7. The summed E-state index contributed by atoms with van der Waals surface area (Å²) in [6.07, 6.45) is 76.9. The van der Waals surface area contributed by atoms with E-state index in [9.17, 15) is 19.8 Å². The van der Waals surface area contributed by atoms with Crippen molar-refractivity contribution in [2.75, 3.05) is 13.2 Å². The summed E-state index contributed by atoms with van der Waals surface area (Å²) in [7, 11) is 0. The number of carbonyl (C=O) groups is 2. The van der Waals surface area contributed by atoms with Crippen molar-refractivity contribution >= 4 is 11.9 Å². The molecule has 434 valence electrons. The van der Waals surface area contributed by atoms with Gasteiger partial charge < -0.3 is 20.3 Å². The molecule has 0 aromatic rings. The van der Waals surface area contributed by atoms with Gasteiger partial charge >= 0.3 is 5.97 Å². The first-order valence-electron chi connectivity index (χ1n) is 33.4. The van der Waals surface area contributed by atoms with Crippen LogP contribution in [0.5, 0.6) is 0 Å². The highest BCUT2D eigenvalue weighted by molar-refractivity contribution is 5.76. The minimum absolute atomic E-state index is 0.0120. The highest BCUT2D eigenvalue weighted by Crippen LogP contribution is 2.19. The smallest absolute Gasteiger partial charge is 0.305 e. The average molecular weight is 1030 g/mol. The number of aliphatic hydroxyl groups is 2. The minimum Gasteiger partial charge on any atom is -0.466 e. The van der Waals surface area contributed by atoms with Crippen LogP contribution in [0.15, 0.2) is 12.2 Å². The van der Waals surface area contributed by atoms with Gasteiger partial charge in [-0.25, -0.2) is 0 Å². The van der Waals surface area contributed by atoms with Crippen molar-refractivity contribution in [3.05, 3.63) is 12.2 Å². The first-order valence-corrected chi connectivity index (χ1v) is 33.4. The minimum atomic E-state index is -0.658. The van der Waals surface area contributed by atoms with E-state index in [0.29, 0.717) is 25.9 Å². The standard InChI is InChI=1S/C67H131NO5/c1-3-5-7-9-11-13-15-41-45-49-53-57-61-67(72)73-62-58-54-50-46-42-38-36-34-32-30-28-26-24-22-20-18-16-17-19-21-23-25-27-29-31-33-35-37-40-44-48-52-56-60-66(71)68-64(63-69)65(70)59-55-51-47-43-39-14-12-10-8-6-4-2/h11,13,64-65,69-70H,3-10,12,14-63H2,1-2H3,(H,68,71)/b13-11-. The third kappa shape index (κ3) is 59.7. The molecule has 6 nitrogen and oxygen atoms in total. The summed E-state index contributed by atoms with van der Waals surface area (Å²) in [5.74, 6) is -0.0171. The Morgan fingerprint density at radius 3 is 1.00 bits per heavy atom. The quantitative estimate of drug-likeness (QED) is 0.0320. The molecular formula is C67H131NO5.